The van der Waals surface area contributed by atoms with E-state index in [0.717, 1.165) is 6.07 Å². The van der Waals surface area contributed by atoms with Crippen LogP contribution in [0.3, 0.4) is 0 Å². The molecule has 0 amide bonds. The van der Waals surface area contributed by atoms with Gasteiger partial charge in [0.1, 0.15) is 11.4 Å². The third-order valence-corrected chi connectivity index (χ3v) is 2.74. The van der Waals surface area contributed by atoms with Crippen molar-refractivity contribution in [1.29, 1.82) is 0 Å². The maximum atomic E-state index is 12.6. The number of aromatic carboxylic acids is 1. The van der Waals surface area contributed by atoms with Crippen molar-refractivity contribution in [2.45, 2.75) is 6.18 Å². The number of benzene rings is 1. The highest BCUT2D eigenvalue weighted by Crippen LogP contribution is 2.34. The largest absolute Gasteiger partial charge is 0.477 e. The van der Waals surface area contributed by atoms with E-state index in [-0.39, 0.29) is 5.56 Å². The van der Waals surface area contributed by atoms with Gasteiger partial charge in [0, 0.05) is 10.6 Å². The van der Waals surface area contributed by atoms with Crippen molar-refractivity contribution < 1.29 is 23.1 Å². The SMILES string of the molecule is O=C(O)c1[nH]c(C(F)(F)F)cc1-c1ccc(Cl)cc1. The van der Waals surface area contributed by atoms with Gasteiger partial charge in [-0.2, -0.15) is 13.2 Å². The molecule has 2 aromatic rings. The number of carbonyl (C=O) groups is 1. The van der Waals surface area contributed by atoms with Crippen LogP contribution in [0, 0.1) is 0 Å². The number of aromatic amines is 1. The predicted molar refractivity (Wildman–Crippen MR) is 63.2 cm³/mol. The van der Waals surface area contributed by atoms with Gasteiger partial charge in [-0.3, -0.25) is 0 Å². The number of alkyl halides is 3. The zero-order valence-corrected chi connectivity index (χ0v) is 10.0. The fourth-order valence-corrected chi connectivity index (χ4v) is 1.76. The predicted octanol–water partition coefficient (Wildman–Crippen LogP) is 4.05. The highest BCUT2D eigenvalue weighted by molar-refractivity contribution is 6.30. The molecule has 0 aliphatic rings. The molecule has 2 rings (SSSR count). The number of carboxylic acid groups (broad SMARTS) is 1. The van der Waals surface area contributed by atoms with Crippen molar-refractivity contribution in [3.8, 4) is 11.1 Å². The van der Waals surface area contributed by atoms with E-state index >= 15 is 0 Å². The van der Waals surface area contributed by atoms with Gasteiger partial charge in [-0.15, -0.1) is 0 Å². The van der Waals surface area contributed by atoms with Crippen molar-refractivity contribution in [2.24, 2.45) is 0 Å². The Balaban J connectivity index is 2.58. The molecule has 19 heavy (non-hydrogen) atoms. The topological polar surface area (TPSA) is 53.1 Å². The summed E-state index contributed by atoms with van der Waals surface area (Å²) in [7, 11) is 0. The molecular formula is C12H7ClF3NO2. The van der Waals surface area contributed by atoms with Gasteiger partial charge in [0.2, 0.25) is 0 Å². The van der Waals surface area contributed by atoms with Crippen LogP contribution in [0.15, 0.2) is 30.3 Å². The van der Waals surface area contributed by atoms with E-state index in [0.29, 0.717) is 10.6 Å². The third kappa shape index (κ3) is 2.73. The lowest BCUT2D eigenvalue weighted by molar-refractivity contribution is -0.140. The maximum absolute atomic E-state index is 12.6. The molecule has 0 saturated heterocycles. The van der Waals surface area contributed by atoms with E-state index in [1.807, 2.05) is 4.98 Å². The quantitative estimate of drug-likeness (QED) is 0.876. The minimum Gasteiger partial charge on any atom is -0.477 e. The van der Waals surface area contributed by atoms with E-state index in [1.54, 1.807) is 0 Å². The standard InChI is InChI=1S/C12H7ClF3NO2/c13-7-3-1-6(2-4-7)8-5-9(12(14,15)16)17-10(8)11(18)19/h1-5,17H,(H,18,19). The molecule has 1 heterocycles. The fourth-order valence-electron chi connectivity index (χ4n) is 1.63. The van der Waals surface area contributed by atoms with Crippen molar-refractivity contribution in [3.63, 3.8) is 0 Å². The molecule has 0 bridgehead atoms. The smallest absolute Gasteiger partial charge is 0.431 e. The summed E-state index contributed by atoms with van der Waals surface area (Å²) in [5.41, 5.74) is -1.30. The van der Waals surface area contributed by atoms with Gasteiger partial charge in [0.15, 0.2) is 0 Å². The van der Waals surface area contributed by atoms with Gasteiger partial charge >= 0.3 is 12.1 Å². The van der Waals surface area contributed by atoms with Crippen LogP contribution in [-0.4, -0.2) is 16.1 Å². The molecule has 0 spiro atoms. The maximum Gasteiger partial charge on any atom is 0.431 e. The zero-order valence-electron chi connectivity index (χ0n) is 9.25. The number of nitrogens with one attached hydrogen (secondary N) is 1. The molecule has 0 aliphatic carbocycles. The third-order valence-electron chi connectivity index (χ3n) is 2.49. The molecule has 0 radical (unpaired) electrons. The average Bonchev–Trinajstić information content (AvgIpc) is 2.74. The van der Waals surface area contributed by atoms with Crippen LogP contribution < -0.4 is 0 Å². The van der Waals surface area contributed by atoms with Gasteiger partial charge in [-0.1, -0.05) is 23.7 Å². The summed E-state index contributed by atoms with van der Waals surface area (Å²) in [5, 5.41) is 9.35. The summed E-state index contributed by atoms with van der Waals surface area (Å²) in [6.07, 6.45) is -4.63. The molecular weight excluding hydrogens is 283 g/mol. The number of hydrogen-bond donors (Lipinski definition) is 2. The number of halogens is 4. The Bertz CT molecular complexity index is 617. The Morgan fingerprint density at radius 3 is 2.26 bits per heavy atom. The first kappa shape index (κ1) is 13.5. The first-order valence-electron chi connectivity index (χ1n) is 5.08. The van der Waals surface area contributed by atoms with Gasteiger partial charge in [-0.25, -0.2) is 4.79 Å². The molecule has 0 atom stereocenters. The van der Waals surface area contributed by atoms with Crippen LogP contribution in [-0.2, 0) is 6.18 Å². The zero-order chi connectivity index (χ0) is 14.2. The molecule has 0 saturated carbocycles. The van der Waals surface area contributed by atoms with Crippen LogP contribution in [0.4, 0.5) is 13.2 Å². The number of carboxylic acids is 1. The second kappa shape index (κ2) is 4.62. The number of rotatable bonds is 2. The highest BCUT2D eigenvalue weighted by atomic mass is 35.5. The van der Waals surface area contributed by atoms with Gasteiger partial charge in [0.05, 0.1) is 0 Å². The van der Waals surface area contributed by atoms with E-state index < -0.39 is 23.5 Å². The summed E-state index contributed by atoms with van der Waals surface area (Å²) < 4.78 is 37.7. The van der Waals surface area contributed by atoms with Gasteiger partial charge in [0.25, 0.3) is 0 Å². The lowest BCUT2D eigenvalue weighted by atomic mass is 10.1. The molecule has 0 fully saturated rings. The Kier molecular flexibility index (Phi) is 3.28. The summed E-state index contributed by atoms with van der Waals surface area (Å²) in [6, 6.07) is 6.63. The normalized spacial score (nSPS) is 11.6. The first-order chi connectivity index (χ1) is 8.79. The summed E-state index contributed by atoms with van der Waals surface area (Å²) in [4.78, 5) is 12.9. The Morgan fingerprint density at radius 1 is 1.21 bits per heavy atom. The monoisotopic (exact) mass is 289 g/mol. The highest BCUT2D eigenvalue weighted by Gasteiger charge is 2.34. The minimum absolute atomic E-state index is 0.0310. The number of hydrogen-bond acceptors (Lipinski definition) is 1. The van der Waals surface area contributed by atoms with Crippen molar-refractivity contribution in [1.82, 2.24) is 4.98 Å². The van der Waals surface area contributed by atoms with Gasteiger partial charge in [-0.05, 0) is 23.8 Å². The second-order valence-electron chi connectivity index (χ2n) is 3.78. The molecule has 3 nitrogen and oxygen atoms in total. The number of aromatic nitrogens is 1. The van der Waals surface area contributed by atoms with Crippen molar-refractivity contribution in [2.75, 3.05) is 0 Å². The molecule has 0 unspecified atom stereocenters. The van der Waals surface area contributed by atoms with E-state index in [2.05, 4.69) is 0 Å². The second-order valence-corrected chi connectivity index (χ2v) is 4.22. The number of H-pyrrole nitrogens is 1. The van der Waals surface area contributed by atoms with E-state index in [1.165, 1.54) is 24.3 Å². The molecule has 100 valence electrons. The van der Waals surface area contributed by atoms with Crippen LogP contribution in [0.2, 0.25) is 5.02 Å². The Hall–Kier alpha value is -1.95. The van der Waals surface area contributed by atoms with Crippen LogP contribution in [0.1, 0.15) is 16.2 Å². The van der Waals surface area contributed by atoms with Crippen LogP contribution in [0.25, 0.3) is 11.1 Å². The lowest BCUT2D eigenvalue weighted by Crippen LogP contribution is -2.06. The Morgan fingerprint density at radius 2 is 1.79 bits per heavy atom. The van der Waals surface area contributed by atoms with E-state index in [4.69, 9.17) is 16.7 Å². The first-order valence-corrected chi connectivity index (χ1v) is 5.46. The molecule has 7 heteroatoms. The summed E-state index contributed by atoms with van der Waals surface area (Å²) in [5.74, 6) is -1.46. The van der Waals surface area contributed by atoms with Crippen LogP contribution >= 0.6 is 11.6 Å². The molecule has 2 N–H and O–H groups in total. The van der Waals surface area contributed by atoms with Crippen molar-refractivity contribution >= 4 is 17.6 Å². The average molecular weight is 290 g/mol. The molecule has 1 aromatic carbocycles. The van der Waals surface area contributed by atoms with Crippen molar-refractivity contribution in [3.05, 3.63) is 46.7 Å². The fraction of sp³-hybridized carbons (Fsp3) is 0.0833. The summed E-state index contributed by atoms with van der Waals surface area (Å²) >= 11 is 5.68. The molecule has 1 aromatic heterocycles. The van der Waals surface area contributed by atoms with Gasteiger partial charge < -0.3 is 10.1 Å². The lowest BCUT2D eigenvalue weighted by Gasteiger charge is -2.01. The summed E-state index contributed by atoms with van der Waals surface area (Å²) in [6.45, 7) is 0. The molecule has 0 aliphatic heterocycles. The minimum atomic E-state index is -4.63. The van der Waals surface area contributed by atoms with Crippen LogP contribution in [0.5, 0.6) is 0 Å². The Labute approximate surface area is 110 Å². The van der Waals surface area contributed by atoms with E-state index in [9.17, 15) is 18.0 Å².